The summed E-state index contributed by atoms with van der Waals surface area (Å²) in [5, 5.41) is 25.4. The second-order valence-corrected chi connectivity index (χ2v) is 9.23. The first kappa shape index (κ1) is 33.9. The quantitative estimate of drug-likeness (QED) is 0.0425. The number of carboxylic acid groups (broad SMARTS) is 2. The molecule has 4 atom stereocenters. The van der Waals surface area contributed by atoms with Gasteiger partial charge in [0, 0.05) is 6.54 Å². The van der Waals surface area contributed by atoms with Crippen LogP contribution in [0.2, 0.25) is 0 Å². The normalized spacial score (nSPS) is 13.9. The van der Waals surface area contributed by atoms with Crippen molar-refractivity contribution in [1.82, 2.24) is 16.0 Å². The van der Waals surface area contributed by atoms with Crippen molar-refractivity contribution in [2.24, 2.45) is 27.9 Å². The van der Waals surface area contributed by atoms with Gasteiger partial charge in [-0.05, 0) is 57.1 Å². The van der Waals surface area contributed by atoms with E-state index in [1.165, 1.54) is 11.8 Å². The van der Waals surface area contributed by atoms with Gasteiger partial charge in [-0.15, -0.1) is 0 Å². The number of hydrogen-bond acceptors (Lipinski definition) is 9. The van der Waals surface area contributed by atoms with Crippen molar-refractivity contribution in [1.29, 1.82) is 0 Å². The number of guanidine groups is 1. The van der Waals surface area contributed by atoms with E-state index in [0.717, 1.165) is 0 Å². The van der Waals surface area contributed by atoms with Gasteiger partial charge in [-0.2, -0.15) is 11.8 Å². The summed E-state index contributed by atoms with van der Waals surface area (Å²) < 4.78 is 0. The fraction of sp³-hybridized carbons (Fsp3) is 0.714. The largest absolute Gasteiger partial charge is 0.481 e. The molecular formula is C21H40N8O7S. The molecule has 0 heterocycles. The van der Waals surface area contributed by atoms with Crippen molar-refractivity contribution in [3.63, 3.8) is 0 Å². The Bertz CT molecular complexity index is 795. The van der Waals surface area contributed by atoms with Crippen LogP contribution in [0, 0.1) is 0 Å². The first-order valence-electron chi connectivity index (χ1n) is 11.8. The van der Waals surface area contributed by atoms with Gasteiger partial charge in [-0.1, -0.05) is 0 Å². The fourth-order valence-electron chi connectivity index (χ4n) is 3.11. The van der Waals surface area contributed by atoms with Crippen molar-refractivity contribution in [2.75, 3.05) is 25.1 Å². The van der Waals surface area contributed by atoms with Crippen LogP contribution in [-0.4, -0.2) is 95.1 Å². The Labute approximate surface area is 219 Å². The van der Waals surface area contributed by atoms with Gasteiger partial charge in [0.2, 0.25) is 17.7 Å². The lowest BCUT2D eigenvalue weighted by Crippen LogP contribution is -2.57. The van der Waals surface area contributed by atoms with Crippen molar-refractivity contribution in [3.8, 4) is 0 Å². The lowest BCUT2D eigenvalue weighted by molar-refractivity contribution is -0.147. The molecule has 0 aromatic heterocycles. The molecule has 4 unspecified atom stereocenters. The number of rotatable bonds is 20. The number of aliphatic imine (C=N–C) groups is 1. The highest BCUT2D eigenvalue weighted by molar-refractivity contribution is 7.98. The lowest BCUT2D eigenvalue weighted by Gasteiger charge is -2.25. The molecule has 37 heavy (non-hydrogen) atoms. The Morgan fingerprint density at radius 2 is 1.38 bits per heavy atom. The molecule has 212 valence electrons. The highest BCUT2D eigenvalue weighted by Gasteiger charge is 2.30. The van der Waals surface area contributed by atoms with Crippen molar-refractivity contribution in [2.45, 2.75) is 69.1 Å². The predicted octanol–water partition coefficient (Wildman–Crippen LogP) is -2.74. The first-order chi connectivity index (χ1) is 17.4. The predicted molar refractivity (Wildman–Crippen MR) is 139 cm³/mol. The lowest BCUT2D eigenvalue weighted by atomic mass is 10.0. The average Bonchev–Trinajstić information content (AvgIpc) is 2.82. The number of aliphatic carboxylic acids is 2. The van der Waals surface area contributed by atoms with Gasteiger partial charge in [0.15, 0.2) is 5.96 Å². The minimum Gasteiger partial charge on any atom is -0.481 e. The molecule has 16 heteroatoms. The number of nitrogens with one attached hydrogen (secondary N) is 3. The number of nitrogens with two attached hydrogens (primary N) is 4. The number of nitrogens with zero attached hydrogens (tertiary/aromatic N) is 1. The van der Waals surface area contributed by atoms with Crippen LogP contribution in [0.5, 0.6) is 0 Å². The standard InChI is InChI=1S/C21H40N8O7S/c1-37-10-7-12(23)17(32)27-13(5-2-3-8-22)18(33)28-14(6-4-9-26-21(24)25)19(34)29-15(20(35)36)11-16(30)31/h12-15H,2-11,22-23H2,1H3,(H,27,32)(H,28,33)(H,29,34)(H,30,31)(H,35,36)(H4,24,25,26). The van der Waals surface area contributed by atoms with E-state index in [-0.39, 0.29) is 31.8 Å². The Balaban J connectivity index is 5.63. The summed E-state index contributed by atoms with van der Waals surface area (Å²) >= 11 is 1.52. The maximum atomic E-state index is 13.1. The van der Waals surface area contributed by atoms with Gasteiger partial charge >= 0.3 is 11.9 Å². The SMILES string of the molecule is CSCCC(N)C(=O)NC(CCCCN)C(=O)NC(CCCN=C(N)N)C(=O)NC(CC(=O)O)C(=O)O. The fourth-order valence-corrected chi connectivity index (χ4v) is 3.60. The molecule has 0 bridgehead atoms. The summed E-state index contributed by atoms with van der Waals surface area (Å²) in [5.41, 5.74) is 22.0. The third-order valence-electron chi connectivity index (χ3n) is 5.12. The van der Waals surface area contributed by atoms with Gasteiger partial charge in [0.25, 0.3) is 0 Å². The maximum absolute atomic E-state index is 13.1. The molecular weight excluding hydrogens is 508 g/mol. The summed E-state index contributed by atoms with van der Waals surface area (Å²) in [6.45, 7) is 0.506. The van der Waals surface area contributed by atoms with Crippen LogP contribution in [0.25, 0.3) is 0 Å². The van der Waals surface area contributed by atoms with Crippen molar-refractivity contribution in [3.05, 3.63) is 0 Å². The van der Waals surface area contributed by atoms with Crippen LogP contribution in [0.1, 0.15) is 44.9 Å². The average molecular weight is 549 g/mol. The number of thioether (sulfide) groups is 1. The number of amides is 3. The zero-order valence-electron chi connectivity index (χ0n) is 21.0. The zero-order chi connectivity index (χ0) is 28.4. The highest BCUT2D eigenvalue weighted by atomic mass is 32.2. The molecule has 0 spiro atoms. The Morgan fingerprint density at radius 1 is 0.838 bits per heavy atom. The van der Waals surface area contributed by atoms with Crippen LogP contribution >= 0.6 is 11.8 Å². The summed E-state index contributed by atoms with van der Waals surface area (Å²) in [4.78, 5) is 64.6. The van der Waals surface area contributed by atoms with Gasteiger partial charge in [-0.3, -0.25) is 24.2 Å². The Kier molecular flexibility index (Phi) is 17.5. The number of hydrogen-bond donors (Lipinski definition) is 9. The van der Waals surface area contributed by atoms with E-state index in [1.807, 2.05) is 6.26 Å². The summed E-state index contributed by atoms with van der Waals surface area (Å²) in [5.74, 6) is -4.61. The van der Waals surface area contributed by atoms with Crippen molar-refractivity contribution < 1.29 is 34.2 Å². The molecule has 0 saturated heterocycles. The Hall–Kier alpha value is -3.11. The molecule has 0 rings (SSSR count). The van der Waals surface area contributed by atoms with Crippen molar-refractivity contribution >= 4 is 47.4 Å². The van der Waals surface area contributed by atoms with E-state index in [4.69, 9.17) is 28.0 Å². The third kappa shape index (κ3) is 15.6. The second-order valence-electron chi connectivity index (χ2n) is 8.24. The van der Waals surface area contributed by atoms with E-state index in [1.54, 1.807) is 0 Å². The number of unbranched alkanes of at least 4 members (excludes halogenated alkanes) is 1. The third-order valence-corrected chi connectivity index (χ3v) is 5.77. The number of carbonyl (C=O) groups excluding carboxylic acids is 3. The van der Waals surface area contributed by atoms with Crippen LogP contribution < -0.4 is 38.9 Å². The molecule has 3 amide bonds. The van der Waals surface area contributed by atoms with E-state index in [2.05, 4.69) is 20.9 Å². The molecule has 13 N–H and O–H groups in total. The van der Waals surface area contributed by atoms with Gasteiger partial charge < -0.3 is 49.1 Å². The molecule has 0 saturated carbocycles. The molecule has 0 aliphatic rings. The molecule has 0 radical (unpaired) electrons. The second kappa shape index (κ2) is 19.1. The van der Waals surface area contributed by atoms with Gasteiger partial charge in [0.05, 0.1) is 12.5 Å². The monoisotopic (exact) mass is 548 g/mol. The van der Waals surface area contributed by atoms with Gasteiger partial charge in [-0.25, -0.2) is 4.79 Å². The summed E-state index contributed by atoms with van der Waals surface area (Å²) in [6, 6.07) is -4.82. The highest BCUT2D eigenvalue weighted by Crippen LogP contribution is 2.07. The minimum absolute atomic E-state index is 0.00443. The molecule has 0 aliphatic carbocycles. The van der Waals surface area contributed by atoms with Crippen LogP contribution in [0.4, 0.5) is 0 Å². The van der Waals surface area contributed by atoms with E-state index < -0.39 is 60.2 Å². The number of carboxylic acids is 2. The molecule has 0 fully saturated rings. The molecule has 15 nitrogen and oxygen atoms in total. The van der Waals surface area contributed by atoms with Crippen LogP contribution in [0.15, 0.2) is 4.99 Å². The summed E-state index contributed by atoms with van der Waals surface area (Å²) in [6.07, 6.45) is 2.98. The minimum atomic E-state index is -1.71. The van der Waals surface area contributed by atoms with E-state index in [9.17, 15) is 29.1 Å². The molecule has 0 aromatic carbocycles. The Morgan fingerprint density at radius 3 is 1.86 bits per heavy atom. The molecule has 0 aromatic rings. The van der Waals surface area contributed by atoms with Gasteiger partial charge in [0.1, 0.15) is 18.1 Å². The first-order valence-corrected chi connectivity index (χ1v) is 13.2. The zero-order valence-corrected chi connectivity index (χ0v) is 21.8. The number of carbonyl (C=O) groups is 5. The molecule has 0 aliphatic heterocycles. The van der Waals surface area contributed by atoms with Crippen LogP contribution in [-0.2, 0) is 24.0 Å². The summed E-state index contributed by atoms with van der Waals surface area (Å²) in [7, 11) is 0. The van der Waals surface area contributed by atoms with E-state index >= 15 is 0 Å². The topological polar surface area (TPSA) is 278 Å². The van der Waals surface area contributed by atoms with Crippen LogP contribution in [0.3, 0.4) is 0 Å². The maximum Gasteiger partial charge on any atom is 0.326 e. The van der Waals surface area contributed by atoms with E-state index in [0.29, 0.717) is 31.6 Å². The smallest absolute Gasteiger partial charge is 0.326 e.